The molecule has 0 bridgehead atoms. The Kier molecular flexibility index (Phi) is 5.85. The fourth-order valence-corrected chi connectivity index (χ4v) is 8.70. The van der Waals surface area contributed by atoms with E-state index in [1.54, 1.807) is 0 Å². The van der Waals surface area contributed by atoms with Crippen LogP contribution in [-0.2, 0) is 19.0 Å². The van der Waals surface area contributed by atoms with Crippen LogP contribution in [0.15, 0.2) is 24.3 Å². The van der Waals surface area contributed by atoms with Crippen LogP contribution in [0, 0.1) is 34.5 Å². The number of esters is 1. The van der Waals surface area contributed by atoms with Gasteiger partial charge in [0.05, 0.1) is 6.10 Å². The number of hydrogen-bond acceptors (Lipinski definition) is 4. The SMILES string of the molecule is C=C1C(=C)[C@@]2(C)C(CC[C@@H]3[C@H]2CC[C@]2(C)C(OC4CCCCO4)CC[C@@H]32)CC1OC(C)=O. The van der Waals surface area contributed by atoms with E-state index in [2.05, 4.69) is 27.0 Å². The Morgan fingerprint density at radius 2 is 1.84 bits per heavy atom. The predicted molar refractivity (Wildman–Crippen MR) is 125 cm³/mol. The average molecular weight is 443 g/mol. The van der Waals surface area contributed by atoms with Crippen LogP contribution in [0.1, 0.15) is 85.0 Å². The summed E-state index contributed by atoms with van der Waals surface area (Å²) in [5, 5.41) is 0. The molecule has 4 nitrogen and oxygen atoms in total. The van der Waals surface area contributed by atoms with Crippen molar-refractivity contribution in [3.8, 4) is 0 Å². The minimum atomic E-state index is -0.214. The first-order valence-corrected chi connectivity index (χ1v) is 13.1. The second kappa shape index (κ2) is 8.27. The standard InChI is InChI=1S/C28H42O4/c1-17-18(2)28(5)20(16-24(17)31-19(3)29)9-10-21-22-11-12-25(27(22,4)14-13-23(21)28)32-26-8-6-7-15-30-26/h20-26H,1-2,6-16H2,3-5H3/t20?,21-,22-,23+,24?,25?,26?,27-,28-/m0/s1. The number of ether oxygens (including phenoxy) is 3. The summed E-state index contributed by atoms with van der Waals surface area (Å²) in [6, 6.07) is 0. The third kappa shape index (κ3) is 3.43. The largest absolute Gasteiger partial charge is 0.458 e. The van der Waals surface area contributed by atoms with Crippen molar-refractivity contribution in [3.05, 3.63) is 24.3 Å². The smallest absolute Gasteiger partial charge is 0.303 e. The molecule has 4 heteroatoms. The predicted octanol–water partition coefficient (Wildman–Crippen LogP) is 6.20. The molecule has 32 heavy (non-hydrogen) atoms. The lowest BCUT2D eigenvalue weighted by molar-refractivity contribution is -0.217. The summed E-state index contributed by atoms with van der Waals surface area (Å²) >= 11 is 0. The fourth-order valence-electron chi connectivity index (χ4n) is 8.70. The lowest BCUT2D eigenvalue weighted by Crippen LogP contribution is -2.56. The second-order valence-corrected chi connectivity index (χ2v) is 11.8. The van der Waals surface area contributed by atoms with Gasteiger partial charge in [0.25, 0.3) is 0 Å². The highest BCUT2D eigenvalue weighted by Gasteiger charge is 2.62. The van der Waals surface area contributed by atoms with Crippen molar-refractivity contribution in [2.45, 2.75) is 103 Å². The van der Waals surface area contributed by atoms with Gasteiger partial charge in [-0.05, 0) is 110 Å². The van der Waals surface area contributed by atoms with Crippen LogP contribution < -0.4 is 0 Å². The molecule has 4 aliphatic carbocycles. The van der Waals surface area contributed by atoms with Gasteiger partial charge in [-0.3, -0.25) is 4.79 Å². The van der Waals surface area contributed by atoms with E-state index in [0.29, 0.717) is 17.9 Å². The molecule has 178 valence electrons. The van der Waals surface area contributed by atoms with E-state index in [-0.39, 0.29) is 29.2 Å². The molecule has 0 radical (unpaired) electrons. The zero-order valence-corrected chi connectivity index (χ0v) is 20.4. The lowest BCUT2D eigenvalue weighted by atomic mass is 9.43. The average Bonchev–Trinajstić information content (AvgIpc) is 3.10. The molecule has 1 aliphatic heterocycles. The molecule has 5 fully saturated rings. The van der Waals surface area contributed by atoms with E-state index in [4.69, 9.17) is 14.2 Å². The number of carbonyl (C=O) groups excluding carboxylic acids is 1. The molecule has 0 amide bonds. The fraction of sp³-hybridized carbons (Fsp3) is 0.821. The highest BCUT2D eigenvalue weighted by molar-refractivity contribution is 5.67. The maximum absolute atomic E-state index is 11.7. The van der Waals surface area contributed by atoms with E-state index in [1.807, 2.05) is 0 Å². The molecule has 4 unspecified atom stereocenters. The Balaban J connectivity index is 1.35. The van der Waals surface area contributed by atoms with Crippen molar-refractivity contribution in [1.29, 1.82) is 0 Å². The molecule has 0 N–H and O–H groups in total. The molecule has 1 saturated heterocycles. The van der Waals surface area contributed by atoms with Crippen LogP contribution in [0.5, 0.6) is 0 Å². The maximum atomic E-state index is 11.7. The third-order valence-electron chi connectivity index (χ3n) is 10.5. The number of carbonyl (C=O) groups is 1. The molecule has 9 atom stereocenters. The Bertz CT molecular complexity index is 782. The normalized spacial score (nSPS) is 48.5. The molecule has 0 aromatic heterocycles. The van der Waals surface area contributed by atoms with Crippen molar-refractivity contribution < 1.29 is 19.0 Å². The van der Waals surface area contributed by atoms with E-state index >= 15 is 0 Å². The second-order valence-electron chi connectivity index (χ2n) is 11.8. The Morgan fingerprint density at radius 3 is 2.56 bits per heavy atom. The summed E-state index contributed by atoms with van der Waals surface area (Å²) in [6.45, 7) is 16.2. The van der Waals surface area contributed by atoms with Crippen molar-refractivity contribution in [2.75, 3.05) is 6.61 Å². The van der Waals surface area contributed by atoms with Crippen LogP contribution in [0.2, 0.25) is 0 Å². The van der Waals surface area contributed by atoms with Crippen LogP contribution in [0.25, 0.3) is 0 Å². The van der Waals surface area contributed by atoms with E-state index in [0.717, 1.165) is 42.4 Å². The number of fused-ring (bicyclic) bond motifs is 5. The Hall–Kier alpha value is -1.13. The first-order chi connectivity index (χ1) is 15.2. The minimum Gasteiger partial charge on any atom is -0.458 e. The van der Waals surface area contributed by atoms with Gasteiger partial charge in [0, 0.05) is 13.5 Å². The van der Waals surface area contributed by atoms with E-state index in [9.17, 15) is 4.79 Å². The van der Waals surface area contributed by atoms with Gasteiger partial charge in [-0.1, -0.05) is 27.0 Å². The molecule has 0 aromatic carbocycles. The summed E-state index contributed by atoms with van der Waals surface area (Å²) in [7, 11) is 0. The van der Waals surface area contributed by atoms with Gasteiger partial charge in [0.1, 0.15) is 6.10 Å². The molecule has 5 rings (SSSR count). The summed E-state index contributed by atoms with van der Waals surface area (Å²) in [5.41, 5.74) is 2.44. The van der Waals surface area contributed by atoms with Crippen molar-refractivity contribution in [1.82, 2.24) is 0 Å². The van der Waals surface area contributed by atoms with Crippen molar-refractivity contribution in [2.24, 2.45) is 34.5 Å². The van der Waals surface area contributed by atoms with Gasteiger partial charge >= 0.3 is 5.97 Å². The van der Waals surface area contributed by atoms with Gasteiger partial charge in [0.15, 0.2) is 6.29 Å². The zero-order chi connectivity index (χ0) is 22.7. The monoisotopic (exact) mass is 442 g/mol. The minimum absolute atomic E-state index is 0.00922. The first-order valence-electron chi connectivity index (χ1n) is 13.1. The quantitative estimate of drug-likeness (QED) is 0.488. The van der Waals surface area contributed by atoms with Gasteiger partial charge in [-0.25, -0.2) is 0 Å². The molecule has 0 spiro atoms. The van der Waals surface area contributed by atoms with E-state index < -0.39 is 0 Å². The van der Waals surface area contributed by atoms with Crippen LogP contribution >= 0.6 is 0 Å². The van der Waals surface area contributed by atoms with E-state index in [1.165, 1.54) is 58.3 Å². The molecule has 0 aromatic rings. The molecule has 4 saturated carbocycles. The maximum Gasteiger partial charge on any atom is 0.303 e. The molecule has 1 heterocycles. The summed E-state index contributed by atoms with van der Waals surface area (Å²) in [5.74, 6) is 2.41. The first kappa shape index (κ1) is 22.7. The topological polar surface area (TPSA) is 44.8 Å². The highest BCUT2D eigenvalue weighted by Crippen LogP contribution is 2.68. The highest BCUT2D eigenvalue weighted by atomic mass is 16.7. The lowest BCUT2D eigenvalue weighted by Gasteiger charge is -2.61. The number of hydrogen-bond donors (Lipinski definition) is 0. The van der Waals surface area contributed by atoms with Gasteiger partial charge in [-0.15, -0.1) is 0 Å². The summed E-state index contributed by atoms with van der Waals surface area (Å²) in [6.07, 6.45) is 11.9. The zero-order valence-electron chi connectivity index (χ0n) is 20.4. The van der Waals surface area contributed by atoms with Gasteiger partial charge < -0.3 is 14.2 Å². The van der Waals surface area contributed by atoms with Crippen LogP contribution in [0.3, 0.4) is 0 Å². The van der Waals surface area contributed by atoms with Crippen LogP contribution in [0.4, 0.5) is 0 Å². The molecule has 5 aliphatic rings. The van der Waals surface area contributed by atoms with Crippen LogP contribution in [-0.4, -0.2) is 31.1 Å². The Morgan fingerprint density at radius 1 is 1.03 bits per heavy atom. The van der Waals surface area contributed by atoms with Crippen molar-refractivity contribution in [3.63, 3.8) is 0 Å². The molecular weight excluding hydrogens is 400 g/mol. The van der Waals surface area contributed by atoms with Crippen molar-refractivity contribution >= 4 is 5.97 Å². The van der Waals surface area contributed by atoms with Gasteiger partial charge in [-0.2, -0.15) is 0 Å². The van der Waals surface area contributed by atoms with Gasteiger partial charge in [0.2, 0.25) is 0 Å². The Labute approximate surface area is 194 Å². The third-order valence-corrected chi connectivity index (χ3v) is 10.5. The summed E-state index contributed by atoms with van der Waals surface area (Å²) < 4.78 is 18.2. The number of rotatable bonds is 3. The molecular formula is C28H42O4. The summed E-state index contributed by atoms with van der Waals surface area (Å²) in [4.78, 5) is 11.7.